The molecule has 0 heterocycles. The molecule has 0 fully saturated rings. The van der Waals surface area contributed by atoms with E-state index in [1.165, 1.54) is 5.57 Å². The molecule has 2 atom stereocenters. The molecule has 0 aliphatic heterocycles. The maximum absolute atomic E-state index is 13.0. The molecule has 9 nitrogen and oxygen atoms in total. The van der Waals surface area contributed by atoms with Crippen molar-refractivity contribution in [2.24, 2.45) is 10.8 Å². The van der Waals surface area contributed by atoms with Crippen LogP contribution in [0, 0.1) is 10.8 Å². The monoisotopic (exact) mass is 826 g/mol. The summed E-state index contributed by atoms with van der Waals surface area (Å²) in [5, 5.41) is 21.3. The maximum atomic E-state index is 13.0. The zero-order chi connectivity index (χ0) is 42.9. The Bertz CT molecular complexity index is 1890. The van der Waals surface area contributed by atoms with Crippen molar-refractivity contribution < 1.29 is 103 Å². The molecule has 59 heavy (non-hydrogen) atoms. The number of ether oxygens (including phenoxy) is 2. The number of rotatable bonds is 18. The molecule has 2 unspecified atom stereocenters. The van der Waals surface area contributed by atoms with Crippen molar-refractivity contribution in [3.63, 3.8) is 0 Å². The first-order valence-electron chi connectivity index (χ1n) is 19.4. The number of esters is 2. The number of hydrogen-bond donors (Lipinski definition) is 0. The number of allylic oxidation sites excluding steroid dienone is 20. The molecule has 2 aliphatic carbocycles. The van der Waals surface area contributed by atoms with E-state index in [1.807, 2.05) is 115 Å². The van der Waals surface area contributed by atoms with Crippen molar-refractivity contribution in [2.75, 3.05) is 0 Å². The van der Waals surface area contributed by atoms with Gasteiger partial charge in [0.1, 0.15) is 6.10 Å². The van der Waals surface area contributed by atoms with E-state index in [1.54, 1.807) is 6.92 Å². The van der Waals surface area contributed by atoms with Crippen LogP contribution < -0.4 is 69.3 Å². The van der Waals surface area contributed by atoms with E-state index in [-0.39, 0.29) is 95.7 Å². The van der Waals surface area contributed by atoms with Gasteiger partial charge in [-0.2, -0.15) is 0 Å². The first-order chi connectivity index (χ1) is 26.6. The molecule has 2 aliphatic rings. The quantitative estimate of drug-likeness (QED) is 0.115. The van der Waals surface area contributed by atoms with Gasteiger partial charge in [0, 0.05) is 24.8 Å². The summed E-state index contributed by atoms with van der Waals surface area (Å²) < 4.78 is 10.9. The van der Waals surface area contributed by atoms with Crippen LogP contribution in [0.5, 0.6) is 0 Å². The molecule has 0 aromatic rings. The minimum absolute atomic E-state index is 0. The number of carbonyl (C=O) groups excluding carboxylic acids is 5. The first-order valence-corrected chi connectivity index (χ1v) is 19.4. The normalized spacial score (nSPS) is 20.5. The number of carboxylic acids is 2. The van der Waals surface area contributed by atoms with Crippen LogP contribution in [0.2, 0.25) is 0 Å². The van der Waals surface area contributed by atoms with Gasteiger partial charge in [-0.3, -0.25) is 14.4 Å². The number of hydrogen-bond acceptors (Lipinski definition) is 9. The number of ketones is 1. The van der Waals surface area contributed by atoms with Crippen LogP contribution in [0.3, 0.4) is 0 Å². The van der Waals surface area contributed by atoms with E-state index >= 15 is 0 Å². The Labute approximate surface area is 396 Å². The number of carbonyl (C=O) groups is 5. The van der Waals surface area contributed by atoms with E-state index in [4.69, 9.17) is 9.47 Å². The summed E-state index contributed by atoms with van der Waals surface area (Å²) in [5.41, 5.74) is 7.37. The van der Waals surface area contributed by atoms with Gasteiger partial charge in [0.15, 0.2) is 11.9 Å². The molecule has 0 saturated carbocycles. The Balaban J connectivity index is 0.0000168. The first kappa shape index (κ1) is 55.7. The maximum Gasteiger partial charge on any atom is 1.00 e. The summed E-state index contributed by atoms with van der Waals surface area (Å²) in [5.74, 6) is -4.09. The van der Waals surface area contributed by atoms with Crippen LogP contribution in [0.4, 0.5) is 0 Å². The Morgan fingerprint density at radius 2 is 1.02 bits per heavy atom. The van der Waals surface area contributed by atoms with Crippen molar-refractivity contribution in [3.05, 3.63) is 130 Å². The van der Waals surface area contributed by atoms with Gasteiger partial charge in [-0.15, -0.1) is 0 Å². The molecule has 0 spiro atoms. The zero-order valence-corrected chi connectivity index (χ0v) is 41.4. The zero-order valence-electron chi connectivity index (χ0n) is 37.4. The second-order valence-corrected chi connectivity index (χ2v) is 16.2. The van der Waals surface area contributed by atoms with Gasteiger partial charge in [-0.1, -0.05) is 141 Å². The Morgan fingerprint density at radius 1 is 0.610 bits per heavy atom. The van der Waals surface area contributed by atoms with Crippen LogP contribution in [-0.4, -0.2) is 41.9 Å². The van der Waals surface area contributed by atoms with E-state index in [0.717, 1.165) is 33.4 Å². The van der Waals surface area contributed by atoms with Gasteiger partial charge >= 0.3 is 71.1 Å². The second kappa shape index (κ2) is 26.8. The predicted octanol–water partition coefficient (Wildman–Crippen LogP) is 1.90. The second-order valence-electron chi connectivity index (χ2n) is 16.2. The fraction of sp³-hybridized carbons (Fsp3) is 0.438. The van der Waals surface area contributed by atoms with Crippen molar-refractivity contribution in [1.82, 2.24) is 0 Å². The number of aliphatic carboxylic acids is 2. The number of carboxylic acid groups (broad SMARTS) is 2. The molecule has 308 valence electrons. The Morgan fingerprint density at radius 3 is 1.47 bits per heavy atom. The predicted molar refractivity (Wildman–Crippen MR) is 221 cm³/mol. The van der Waals surface area contributed by atoms with Gasteiger partial charge in [-0.25, -0.2) is 0 Å². The fourth-order valence-electron chi connectivity index (χ4n) is 6.87. The smallest absolute Gasteiger partial charge is 0.550 e. The van der Waals surface area contributed by atoms with Gasteiger partial charge in [0.25, 0.3) is 0 Å². The molecule has 0 aromatic heterocycles. The van der Waals surface area contributed by atoms with Crippen molar-refractivity contribution in [1.29, 1.82) is 0 Å². The molecule has 11 heteroatoms. The Hall–Kier alpha value is -3.31. The van der Waals surface area contributed by atoms with Crippen LogP contribution in [-0.2, 0) is 33.4 Å². The van der Waals surface area contributed by atoms with Crippen LogP contribution in [0.15, 0.2) is 130 Å². The molecule has 0 bridgehead atoms. The fourth-order valence-corrected chi connectivity index (χ4v) is 6.87. The molecular weight excluding hydrogens is 766 g/mol. The van der Waals surface area contributed by atoms with E-state index < -0.39 is 41.8 Å². The van der Waals surface area contributed by atoms with E-state index in [0.29, 0.717) is 24.8 Å². The van der Waals surface area contributed by atoms with Crippen LogP contribution in [0.25, 0.3) is 0 Å². The Kier molecular flexibility index (Phi) is 25.3. The third-order valence-electron chi connectivity index (χ3n) is 9.88. The molecule has 0 saturated heterocycles. The topological polar surface area (TPSA) is 150 Å². The largest absolute Gasteiger partial charge is 1.00 e. The van der Waals surface area contributed by atoms with Gasteiger partial charge in [0.2, 0.25) is 0 Å². The van der Waals surface area contributed by atoms with Gasteiger partial charge < -0.3 is 29.3 Å². The standard InChI is InChI=1S/C48H62O9.2Na/c1-32(17-13-19-34(3)21-23-39-36(5)29-38(30-47(39,7)8)56-44(53)27-25-42(49)50)15-11-12-16-33(2)18-14-20-35(4)22-24-40-37(6)46(55)41(31-48(40,9)10)57-45(54)28-26-43(51)52;;/h11-24,38,41H,25-31H2,1-10H3,(H,49,50)(H,51,52);;/q;2*+1/p-2/b12-11+,17-13+,18-14+,23-21+,24-22+,32-15+,33-16+,34-19+,35-20+;;. The van der Waals surface area contributed by atoms with Crippen molar-refractivity contribution in [3.8, 4) is 0 Å². The average Bonchev–Trinajstić information content (AvgIpc) is 3.09. The minimum atomic E-state index is -1.34. The summed E-state index contributed by atoms with van der Waals surface area (Å²) in [6.45, 7) is 20.1. The summed E-state index contributed by atoms with van der Waals surface area (Å²) in [6.07, 6.45) is 27.4. The molecular formula is C48H60Na2O9. The number of Topliss-reactive ketones (excluding diaryl/α,β-unsaturated/α-hetero) is 1. The van der Waals surface area contributed by atoms with Gasteiger partial charge in [0.05, 0.1) is 12.8 Å². The molecule has 0 radical (unpaired) electrons. The molecule has 0 amide bonds. The SMILES string of the molecule is CC1=C(/C=C/C(C)=C/C=C/C(C)=C/C=C/C=C(C)/C=C/C=C(C)/C=C/C2=C(C)C(=O)C(OC(=O)CCC(=O)[O-])CC2(C)C)C(C)(C)CC(OC(=O)CCC(=O)[O-])C1.[Na+].[Na+]. The minimum Gasteiger partial charge on any atom is -0.550 e. The van der Waals surface area contributed by atoms with Crippen LogP contribution >= 0.6 is 0 Å². The summed E-state index contributed by atoms with van der Waals surface area (Å²) in [7, 11) is 0. The van der Waals surface area contributed by atoms with Crippen LogP contribution in [0.1, 0.15) is 114 Å². The van der Waals surface area contributed by atoms with E-state index in [2.05, 4.69) is 32.1 Å². The summed E-state index contributed by atoms with van der Waals surface area (Å²) in [6, 6.07) is 0. The molecule has 2 rings (SSSR count). The molecule has 0 aromatic carbocycles. The van der Waals surface area contributed by atoms with Crippen molar-refractivity contribution in [2.45, 2.75) is 126 Å². The molecule has 0 N–H and O–H groups in total. The third-order valence-corrected chi connectivity index (χ3v) is 9.88. The average molecular weight is 827 g/mol. The summed E-state index contributed by atoms with van der Waals surface area (Å²) >= 11 is 0. The van der Waals surface area contributed by atoms with Gasteiger partial charge in [-0.05, 0) is 88.4 Å². The summed E-state index contributed by atoms with van der Waals surface area (Å²) in [4.78, 5) is 58.4. The van der Waals surface area contributed by atoms with E-state index in [9.17, 15) is 34.2 Å². The van der Waals surface area contributed by atoms with Crippen molar-refractivity contribution >= 4 is 29.7 Å². The third kappa shape index (κ3) is 20.7.